The molecular formula is C29H30ClFN6O. The maximum Gasteiger partial charge on any atom is 0.319 e. The molecule has 196 valence electrons. The van der Waals surface area contributed by atoms with Gasteiger partial charge in [0.25, 0.3) is 0 Å². The number of benzene rings is 2. The molecular weight excluding hydrogens is 503 g/mol. The van der Waals surface area contributed by atoms with Crippen LogP contribution in [0.2, 0.25) is 5.02 Å². The van der Waals surface area contributed by atoms with Gasteiger partial charge in [-0.2, -0.15) is 9.97 Å². The molecule has 0 amide bonds. The van der Waals surface area contributed by atoms with Gasteiger partial charge in [0.05, 0.1) is 12.0 Å². The Hall–Kier alpha value is -3.07. The average Bonchev–Trinajstić information content (AvgIpc) is 3.50. The number of likely N-dealkylation sites (tertiary alicyclic amines) is 1. The van der Waals surface area contributed by atoms with Crippen molar-refractivity contribution in [3.63, 3.8) is 0 Å². The first-order valence-electron chi connectivity index (χ1n) is 13.4. The fraction of sp³-hybridized carbons (Fsp3) is 0.414. The van der Waals surface area contributed by atoms with Crippen LogP contribution in [0.3, 0.4) is 0 Å². The molecule has 7 nitrogen and oxygen atoms in total. The van der Waals surface area contributed by atoms with E-state index in [9.17, 15) is 0 Å². The van der Waals surface area contributed by atoms with Gasteiger partial charge in [-0.3, -0.25) is 4.98 Å². The number of hydrogen-bond donors (Lipinski definition) is 1. The van der Waals surface area contributed by atoms with Gasteiger partial charge in [-0.05, 0) is 44.3 Å². The lowest BCUT2D eigenvalue weighted by atomic mass is 10.0. The molecule has 0 spiro atoms. The third-order valence-corrected chi connectivity index (χ3v) is 8.52. The van der Waals surface area contributed by atoms with Crippen molar-refractivity contribution in [1.29, 1.82) is 0 Å². The minimum Gasteiger partial charge on any atom is -0.463 e. The molecule has 2 aromatic heterocycles. The lowest BCUT2D eigenvalue weighted by Crippen LogP contribution is -2.51. The van der Waals surface area contributed by atoms with E-state index in [0.29, 0.717) is 46.4 Å². The minimum absolute atomic E-state index is 0.222. The molecule has 38 heavy (non-hydrogen) atoms. The zero-order valence-electron chi connectivity index (χ0n) is 21.3. The maximum atomic E-state index is 16.4. The van der Waals surface area contributed by atoms with Crippen LogP contribution < -0.4 is 15.0 Å². The number of piperazine rings is 1. The average molecular weight is 533 g/mol. The smallest absolute Gasteiger partial charge is 0.319 e. The van der Waals surface area contributed by atoms with Gasteiger partial charge in [-0.1, -0.05) is 41.9 Å². The summed E-state index contributed by atoms with van der Waals surface area (Å²) in [7, 11) is 2.12. The number of nitrogens with zero attached hydrogens (tertiary/aromatic N) is 5. The third kappa shape index (κ3) is 4.25. The second-order valence-corrected chi connectivity index (χ2v) is 11.3. The van der Waals surface area contributed by atoms with Crippen LogP contribution in [0.5, 0.6) is 6.01 Å². The van der Waals surface area contributed by atoms with Crippen molar-refractivity contribution in [2.45, 2.75) is 31.3 Å². The SMILES string of the molecule is CN1CCC(COc2nc(N3CC4CCC(C3)N4)c3cnc(-c4cccc5cccc(Cl)c45)c(F)c3n2)C1. The summed E-state index contributed by atoms with van der Waals surface area (Å²) in [5.41, 5.74) is 1.10. The Balaban J connectivity index is 1.35. The first kappa shape index (κ1) is 24.0. The van der Waals surface area contributed by atoms with Gasteiger partial charge >= 0.3 is 6.01 Å². The summed E-state index contributed by atoms with van der Waals surface area (Å²) >= 11 is 6.57. The molecule has 3 aliphatic heterocycles. The summed E-state index contributed by atoms with van der Waals surface area (Å²) < 4.78 is 22.5. The Morgan fingerprint density at radius 1 is 1.05 bits per heavy atom. The second kappa shape index (κ2) is 9.59. The van der Waals surface area contributed by atoms with Crippen LogP contribution in [0.25, 0.3) is 32.9 Å². The summed E-state index contributed by atoms with van der Waals surface area (Å²) in [6, 6.07) is 12.4. The lowest BCUT2D eigenvalue weighted by molar-refractivity contribution is 0.233. The number of hydrogen-bond acceptors (Lipinski definition) is 7. The molecule has 3 fully saturated rings. The number of ether oxygens (including phenoxy) is 1. The molecule has 2 bridgehead atoms. The molecule has 5 heterocycles. The van der Waals surface area contributed by atoms with E-state index in [2.05, 4.69) is 32.1 Å². The fourth-order valence-electron chi connectivity index (χ4n) is 6.33. The zero-order valence-corrected chi connectivity index (χ0v) is 22.1. The fourth-order valence-corrected chi connectivity index (χ4v) is 6.62. The molecule has 0 aliphatic carbocycles. The number of halogens is 2. The summed E-state index contributed by atoms with van der Waals surface area (Å²) in [6.45, 7) is 4.18. The van der Waals surface area contributed by atoms with E-state index in [4.69, 9.17) is 21.3 Å². The molecule has 4 aromatic rings. The van der Waals surface area contributed by atoms with Gasteiger partial charge in [0.1, 0.15) is 17.0 Å². The van der Waals surface area contributed by atoms with Crippen LogP contribution in [0.1, 0.15) is 19.3 Å². The van der Waals surface area contributed by atoms with E-state index < -0.39 is 5.82 Å². The first-order chi connectivity index (χ1) is 18.5. The molecule has 9 heteroatoms. The standard InChI is InChI=1S/C29H30ClFN6O/c1-36-11-10-17(13-36)16-38-29-34-27-22(28(35-29)37-14-19-8-9-20(15-37)33-19)12-32-26(25(27)31)21-6-2-4-18-5-3-7-23(30)24(18)21/h2-7,12,17,19-20,33H,8-11,13-16H2,1H3. The number of pyridine rings is 1. The van der Waals surface area contributed by atoms with Crippen LogP contribution in [0.15, 0.2) is 42.6 Å². The van der Waals surface area contributed by atoms with E-state index in [1.54, 1.807) is 6.20 Å². The van der Waals surface area contributed by atoms with Crippen LogP contribution in [-0.4, -0.2) is 71.8 Å². The van der Waals surface area contributed by atoms with E-state index >= 15 is 4.39 Å². The van der Waals surface area contributed by atoms with Crippen LogP contribution in [-0.2, 0) is 0 Å². The van der Waals surface area contributed by atoms with Gasteiger partial charge in [0.2, 0.25) is 0 Å². The molecule has 7 rings (SSSR count). The second-order valence-electron chi connectivity index (χ2n) is 10.9. The predicted octanol–water partition coefficient (Wildman–Crippen LogP) is 4.91. The van der Waals surface area contributed by atoms with Crippen molar-refractivity contribution in [2.75, 3.05) is 44.7 Å². The number of fused-ring (bicyclic) bond motifs is 4. The van der Waals surface area contributed by atoms with Crippen LogP contribution in [0, 0.1) is 11.7 Å². The Bertz CT molecular complexity index is 1520. The summed E-state index contributed by atoms with van der Waals surface area (Å²) in [4.78, 5) is 18.6. The van der Waals surface area contributed by atoms with Gasteiger partial charge < -0.3 is 19.9 Å². The molecule has 2 aromatic carbocycles. The van der Waals surface area contributed by atoms with E-state index in [0.717, 1.165) is 56.2 Å². The Labute approximate surface area is 226 Å². The molecule has 3 unspecified atom stereocenters. The number of nitrogens with one attached hydrogen (secondary N) is 1. The van der Waals surface area contributed by atoms with E-state index in [1.807, 2.05) is 36.4 Å². The number of anilines is 1. The monoisotopic (exact) mass is 532 g/mol. The Morgan fingerprint density at radius 3 is 2.61 bits per heavy atom. The molecule has 0 radical (unpaired) electrons. The molecule has 1 N–H and O–H groups in total. The largest absolute Gasteiger partial charge is 0.463 e. The first-order valence-corrected chi connectivity index (χ1v) is 13.8. The van der Waals surface area contributed by atoms with Crippen LogP contribution >= 0.6 is 11.6 Å². The van der Waals surface area contributed by atoms with Gasteiger partial charge in [-0.15, -0.1) is 0 Å². The summed E-state index contributed by atoms with van der Waals surface area (Å²) in [6.07, 6.45) is 5.06. The number of rotatable bonds is 5. The normalized spacial score (nSPS) is 23.6. The topological polar surface area (TPSA) is 66.4 Å². The highest BCUT2D eigenvalue weighted by Gasteiger charge is 2.34. The predicted molar refractivity (Wildman–Crippen MR) is 149 cm³/mol. The van der Waals surface area contributed by atoms with Crippen LogP contribution in [0.4, 0.5) is 10.2 Å². The zero-order chi connectivity index (χ0) is 25.8. The molecule has 0 saturated carbocycles. The minimum atomic E-state index is -0.484. The van der Waals surface area contributed by atoms with Crippen molar-refractivity contribution in [2.24, 2.45) is 5.92 Å². The summed E-state index contributed by atoms with van der Waals surface area (Å²) in [5.74, 6) is 0.622. The quantitative estimate of drug-likeness (QED) is 0.392. The van der Waals surface area contributed by atoms with Crippen molar-refractivity contribution in [3.8, 4) is 17.3 Å². The number of aromatic nitrogens is 3. The highest BCUT2D eigenvalue weighted by Crippen LogP contribution is 2.38. The summed E-state index contributed by atoms with van der Waals surface area (Å²) in [5, 5.41) is 6.53. The van der Waals surface area contributed by atoms with Crippen molar-refractivity contribution in [3.05, 3.63) is 53.4 Å². The third-order valence-electron chi connectivity index (χ3n) is 8.21. The maximum absolute atomic E-state index is 16.4. The van der Waals surface area contributed by atoms with Crippen molar-refractivity contribution in [1.82, 2.24) is 25.2 Å². The highest BCUT2D eigenvalue weighted by molar-refractivity contribution is 6.36. The van der Waals surface area contributed by atoms with Gasteiger partial charge in [-0.25, -0.2) is 4.39 Å². The molecule has 3 atom stereocenters. The Kier molecular flexibility index (Phi) is 6.06. The Morgan fingerprint density at radius 2 is 1.84 bits per heavy atom. The van der Waals surface area contributed by atoms with Gasteiger partial charge in [0.15, 0.2) is 5.82 Å². The highest BCUT2D eigenvalue weighted by atomic mass is 35.5. The lowest BCUT2D eigenvalue weighted by Gasteiger charge is -2.34. The van der Waals surface area contributed by atoms with E-state index in [-0.39, 0.29) is 17.2 Å². The van der Waals surface area contributed by atoms with Crippen molar-refractivity contribution >= 4 is 39.1 Å². The van der Waals surface area contributed by atoms with Gasteiger partial charge in [0, 0.05) is 59.8 Å². The molecule has 3 aliphatic rings. The molecule has 3 saturated heterocycles. The van der Waals surface area contributed by atoms with Crippen molar-refractivity contribution < 1.29 is 9.13 Å². The van der Waals surface area contributed by atoms with E-state index in [1.165, 1.54) is 0 Å².